The van der Waals surface area contributed by atoms with Crippen molar-refractivity contribution in [2.24, 2.45) is 11.8 Å². The first kappa shape index (κ1) is 9.59. The number of furan rings is 1. The minimum atomic E-state index is -0.150. The number of rotatable bonds is 3. The topological polar surface area (TPSA) is 42.2 Å². The van der Waals surface area contributed by atoms with Gasteiger partial charge in [0.05, 0.1) is 11.8 Å². The summed E-state index contributed by atoms with van der Waals surface area (Å²) >= 11 is 5.67. The van der Waals surface area contributed by atoms with E-state index in [-0.39, 0.29) is 11.1 Å². The molecule has 0 bridgehead atoms. The number of amides is 1. The molecule has 0 saturated heterocycles. The second-order valence-electron chi connectivity index (χ2n) is 3.79. The van der Waals surface area contributed by atoms with E-state index in [1.165, 1.54) is 12.7 Å². The standard InChI is InChI=1S/C10H12ClNO2/c1-6-4-7(6)5-12-10(13)8-2-3-14-9(8)11/h2-3,6-7H,4-5H2,1H3,(H,12,13). The molecule has 3 nitrogen and oxygen atoms in total. The van der Waals surface area contributed by atoms with Crippen LogP contribution in [0.2, 0.25) is 5.22 Å². The maximum atomic E-state index is 11.5. The third kappa shape index (κ3) is 1.93. The zero-order valence-corrected chi connectivity index (χ0v) is 8.67. The number of carbonyl (C=O) groups excluding carboxylic acids is 1. The van der Waals surface area contributed by atoms with Crippen LogP contribution in [0.1, 0.15) is 23.7 Å². The molecule has 2 rings (SSSR count). The van der Waals surface area contributed by atoms with E-state index in [1.807, 2.05) is 0 Å². The highest BCUT2D eigenvalue weighted by Crippen LogP contribution is 2.36. The first-order valence-electron chi connectivity index (χ1n) is 4.69. The highest BCUT2D eigenvalue weighted by Gasteiger charge is 2.32. The van der Waals surface area contributed by atoms with E-state index in [0.29, 0.717) is 11.5 Å². The molecule has 0 aromatic carbocycles. The van der Waals surface area contributed by atoms with Crippen molar-refractivity contribution < 1.29 is 9.21 Å². The Hall–Kier alpha value is -0.960. The van der Waals surface area contributed by atoms with Crippen LogP contribution in [0.15, 0.2) is 16.7 Å². The third-order valence-electron chi connectivity index (χ3n) is 2.66. The minimum Gasteiger partial charge on any atom is -0.452 e. The predicted octanol–water partition coefficient (Wildman–Crippen LogP) is 2.32. The number of hydrogen-bond donors (Lipinski definition) is 1. The number of carbonyl (C=O) groups is 1. The van der Waals surface area contributed by atoms with Gasteiger partial charge in [-0.25, -0.2) is 0 Å². The SMILES string of the molecule is CC1CC1CNC(=O)c1ccoc1Cl. The molecule has 76 valence electrons. The van der Waals surface area contributed by atoms with E-state index in [2.05, 4.69) is 12.2 Å². The van der Waals surface area contributed by atoms with Crippen molar-refractivity contribution in [3.8, 4) is 0 Å². The van der Waals surface area contributed by atoms with Gasteiger partial charge in [0.2, 0.25) is 5.22 Å². The Kier molecular flexibility index (Phi) is 2.50. The summed E-state index contributed by atoms with van der Waals surface area (Å²) in [6, 6.07) is 1.58. The molecule has 0 radical (unpaired) electrons. The second-order valence-corrected chi connectivity index (χ2v) is 4.13. The minimum absolute atomic E-state index is 0.150. The maximum Gasteiger partial charge on any atom is 0.256 e. The molecule has 1 saturated carbocycles. The van der Waals surface area contributed by atoms with Crippen molar-refractivity contribution >= 4 is 17.5 Å². The lowest BCUT2D eigenvalue weighted by Crippen LogP contribution is -2.25. The third-order valence-corrected chi connectivity index (χ3v) is 2.96. The normalized spacial score (nSPS) is 24.7. The molecule has 1 heterocycles. The Morgan fingerprint density at radius 1 is 1.79 bits per heavy atom. The van der Waals surface area contributed by atoms with Crippen LogP contribution >= 0.6 is 11.6 Å². The Bertz CT molecular complexity index is 348. The summed E-state index contributed by atoms with van der Waals surface area (Å²) < 4.78 is 4.83. The van der Waals surface area contributed by atoms with E-state index in [9.17, 15) is 4.79 Å². The monoisotopic (exact) mass is 213 g/mol. The van der Waals surface area contributed by atoms with E-state index in [4.69, 9.17) is 16.0 Å². The first-order valence-corrected chi connectivity index (χ1v) is 5.07. The molecule has 0 spiro atoms. The van der Waals surface area contributed by atoms with Crippen LogP contribution in [0.5, 0.6) is 0 Å². The quantitative estimate of drug-likeness (QED) is 0.838. The molecule has 2 atom stereocenters. The van der Waals surface area contributed by atoms with Gasteiger partial charge in [-0.2, -0.15) is 0 Å². The van der Waals surface area contributed by atoms with Crippen molar-refractivity contribution in [2.75, 3.05) is 6.54 Å². The first-order chi connectivity index (χ1) is 6.68. The van der Waals surface area contributed by atoms with Crippen molar-refractivity contribution in [3.05, 3.63) is 23.1 Å². The molecule has 0 aliphatic heterocycles. The molecule has 1 aromatic heterocycles. The highest BCUT2D eigenvalue weighted by atomic mass is 35.5. The summed E-state index contributed by atoms with van der Waals surface area (Å²) in [6.45, 7) is 2.92. The smallest absolute Gasteiger partial charge is 0.256 e. The second kappa shape index (κ2) is 3.65. The molecule has 2 unspecified atom stereocenters. The Morgan fingerprint density at radius 2 is 2.50 bits per heavy atom. The summed E-state index contributed by atoms with van der Waals surface area (Å²) in [5.74, 6) is 1.24. The fourth-order valence-corrected chi connectivity index (χ4v) is 1.66. The summed E-state index contributed by atoms with van der Waals surface area (Å²) in [5, 5.41) is 2.99. The summed E-state index contributed by atoms with van der Waals surface area (Å²) in [7, 11) is 0. The van der Waals surface area contributed by atoms with Crippen LogP contribution in [0.4, 0.5) is 0 Å². The van der Waals surface area contributed by atoms with Crippen LogP contribution in [0, 0.1) is 11.8 Å². The molecule has 1 aliphatic rings. The summed E-state index contributed by atoms with van der Waals surface area (Å²) in [4.78, 5) is 11.5. The Morgan fingerprint density at radius 3 is 3.00 bits per heavy atom. The lowest BCUT2D eigenvalue weighted by atomic mass is 10.3. The van der Waals surface area contributed by atoms with Crippen molar-refractivity contribution in [1.82, 2.24) is 5.32 Å². The molecule has 1 aliphatic carbocycles. The van der Waals surface area contributed by atoms with Crippen LogP contribution in [-0.2, 0) is 0 Å². The van der Waals surface area contributed by atoms with Crippen molar-refractivity contribution in [3.63, 3.8) is 0 Å². The van der Waals surface area contributed by atoms with Gasteiger partial charge >= 0.3 is 0 Å². The van der Waals surface area contributed by atoms with E-state index < -0.39 is 0 Å². The predicted molar refractivity (Wildman–Crippen MR) is 53.3 cm³/mol. The average Bonchev–Trinajstić information content (AvgIpc) is 2.67. The molecule has 1 N–H and O–H groups in total. The van der Waals surface area contributed by atoms with Gasteiger partial charge in [0, 0.05) is 6.54 Å². The van der Waals surface area contributed by atoms with Gasteiger partial charge in [-0.1, -0.05) is 6.92 Å². The number of nitrogens with one attached hydrogen (secondary N) is 1. The van der Waals surface area contributed by atoms with Crippen LogP contribution in [-0.4, -0.2) is 12.5 Å². The van der Waals surface area contributed by atoms with E-state index >= 15 is 0 Å². The molecule has 14 heavy (non-hydrogen) atoms. The summed E-state index contributed by atoms with van der Waals surface area (Å²) in [5.41, 5.74) is 0.417. The lowest BCUT2D eigenvalue weighted by molar-refractivity contribution is 0.0951. The molecule has 1 fully saturated rings. The molecule has 1 amide bonds. The van der Waals surface area contributed by atoms with Gasteiger partial charge in [-0.05, 0) is 35.9 Å². The zero-order chi connectivity index (χ0) is 10.1. The van der Waals surface area contributed by atoms with Crippen LogP contribution in [0.3, 0.4) is 0 Å². The van der Waals surface area contributed by atoms with Gasteiger partial charge in [0.1, 0.15) is 0 Å². The Labute approximate surface area is 87.4 Å². The molecular formula is C10H12ClNO2. The summed E-state index contributed by atoms with van der Waals surface area (Å²) in [6.07, 6.45) is 2.62. The van der Waals surface area contributed by atoms with E-state index in [1.54, 1.807) is 6.07 Å². The van der Waals surface area contributed by atoms with Crippen molar-refractivity contribution in [2.45, 2.75) is 13.3 Å². The Balaban J connectivity index is 1.87. The number of halogens is 1. The van der Waals surface area contributed by atoms with Gasteiger partial charge < -0.3 is 9.73 Å². The van der Waals surface area contributed by atoms with Crippen LogP contribution in [0.25, 0.3) is 0 Å². The van der Waals surface area contributed by atoms with E-state index in [0.717, 1.165) is 12.5 Å². The maximum absolute atomic E-state index is 11.5. The molecule has 4 heteroatoms. The number of hydrogen-bond acceptors (Lipinski definition) is 2. The van der Waals surface area contributed by atoms with Crippen LogP contribution < -0.4 is 5.32 Å². The van der Waals surface area contributed by atoms with Gasteiger partial charge in [-0.15, -0.1) is 0 Å². The fraction of sp³-hybridized carbons (Fsp3) is 0.500. The average molecular weight is 214 g/mol. The van der Waals surface area contributed by atoms with Crippen molar-refractivity contribution in [1.29, 1.82) is 0 Å². The van der Waals surface area contributed by atoms with Gasteiger partial charge in [-0.3, -0.25) is 4.79 Å². The fourth-order valence-electron chi connectivity index (χ4n) is 1.46. The zero-order valence-electron chi connectivity index (χ0n) is 7.92. The largest absolute Gasteiger partial charge is 0.452 e. The molecule has 1 aromatic rings. The van der Waals surface area contributed by atoms with Gasteiger partial charge in [0.25, 0.3) is 5.91 Å². The highest BCUT2D eigenvalue weighted by molar-refractivity contribution is 6.32. The van der Waals surface area contributed by atoms with Gasteiger partial charge in [0.15, 0.2) is 0 Å². The molecular weight excluding hydrogens is 202 g/mol. The lowest BCUT2D eigenvalue weighted by Gasteiger charge is -2.01.